The molecule has 0 aliphatic rings. The predicted octanol–water partition coefficient (Wildman–Crippen LogP) is 1.26. The SMILES string of the molecule is CC(C(=O)N(C)C)S(=O)(=O)Cc1ccc(-n2cccn2)cc1. The quantitative estimate of drug-likeness (QED) is 0.831. The Morgan fingerprint density at radius 2 is 1.91 bits per heavy atom. The molecule has 2 rings (SSSR count). The van der Waals surface area contributed by atoms with Crippen molar-refractivity contribution in [3.8, 4) is 5.69 Å². The van der Waals surface area contributed by atoms with Gasteiger partial charge in [-0.05, 0) is 30.7 Å². The molecule has 0 saturated carbocycles. The summed E-state index contributed by atoms with van der Waals surface area (Å²) in [5.74, 6) is -0.569. The van der Waals surface area contributed by atoms with Gasteiger partial charge >= 0.3 is 0 Å². The number of carbonyl (C=O) groups is 1. The molecular weight excluding hydrogens is 302 g/mol. The van der Waals surface area contributed by atoms with Crippen LogP contribution in [0.2, 0.25) is 0 Å². The highest BCUT2D eigenvalue weighted by atomic mass is 32.2. The fourth-order valence-corrected chi connectivity index (χ4v) is 3.47. The Kier molecular flexibility index (Phi) is 4.65. The van der Waals surface area contributed by atoms with Crippen LogP contribution in [0.5, 0.6) is 0 Å². The maximum Gasteiger partial charge on any atom is 0.240 e. The zero-order valence-corrected chi connectivity index (χ0v) is 13.6. The van der Waals surface area contributed by atoms with E-state index in [1.807, 2.05) is 12.3 Å². The lowest BCUT2D eigenvalue weighted by Crippen LogP contribution is -2.37. The summed E-state index contributed by atoms with van der Waals surface area (Å²) >= 11 is 0. The van der Waals surface area contributed by atoms with Gasteiger partial charge in [-0.1, -0.05) is 12.1 Å². The Morgan fingerprint density at radius 1 is 1.27 bits per heavy atom. The Hall–Kier alpha value is -2.15. The van der Waals surface area contributed by atoms with E-state index in [0.29, 0.717) is 5.56 Å². The van der Waals surface area contributed by atoms with E-state index in [4.69, 9.17) is 0 Å². The minimum atomic E-state index is -3.54. The van der Waals surface area contributed by atoms with Crippen LogP contribution in [-0.4, -0.2) is 48.4 Å². The first-order valence-electron chi connectivity index (χ1n) is 6.83. The molecule has 0 saturated heterocycles. The first kappa shape index (κ1) is 16.2. The van der Waals surface area contributed by atoms with Gasteiger partial charge in [-0.15, -0.1) is 0 Å². The minimum absolute atomic E-state index is 0.160. The van der Waals surface area contributed by atoms with E-state index in [9.17, 15) is 13.2 Å². The van der Waals surface area contributed by atoms with Crippen molar-refractivity contribution in [2.75, 3.05) is 14.1 Å². The highest BCUT2D eigenvalue weighted by molar-refractivity contribution is 7.92. The molecule has 1 heterocycles. The summed E-state index contributed by atoms with van der Waals surface area (Å²) in [4.78, 5) is 13.1. The van der Waals surface area contributed by atoms with Crippen molar-refractivity contribution >= 4 is 15.7 Å². The minimum Gasteiger partial charge on any atom is -0.348 e. The van der Waals surface area contributed by atoms with Gasteiger partial charge in [0.15, 0.2) is 9.84 Å². The number of nitrogens with zero attached hydrogens (tertiary/aromatic N) is 3. The van der Waals surface area contributed by atoms with E-state index in [2.05, 4.69) is 5.10 Å². The number of hydrogen-bond donors (Lipinski definition) is 0. The molecule has 1 amide bonds. The van der Waals surface area contributed by atoms with Crippen LogP contribution in [0.3, 0.4) is 0 Å². The van der Waals surface area contributed by atoms with Crippen LogP contribution in [0.15, 0.2) is 42.7 Å². The highest BCUT2D eigenvalue weighted by Crippen LogP contribution is 2.15. The third kappa shape index (κ3) is 3.54. The van der Waals surface area contributed by atoms with Crippen LogP contribution in [0.4, 0.5) is 0 Å². The van der Waals surface area contributed by atoms with E-state index < -0.39 is 21.0 Å². The second-order valence-corrected chi connectivity index (χ2v) is 7.62. The molecule has 0 fully saturated rings. The van der Waals surface area contributed by atoms with Crippen molar-refractivity contribution in [2.45, 2.75) is 17.9 Å². The van der Waals surface area contributed by atoms with Gasteiger partial charge in [0.25, 0.3) is 0 Å². The molecule has 0 aliphatic carbocycles. The summed E-state index contributed by atoms with van der Waals surface area (Å²) in [6.07, 6.45) is 3.48. The van der Waals surface area contributed by atoms with Gasteiger partial charge in [0.05, 0.1) is 11.4 Å². The van der Waals surface area contributed by atoms with Crippen LogP contribution >= 0.6 is 0 Å². The molecule has 0 aliphatic heterocycles. The monoisotopic (exact) mass is 321 g/mol. The summed E-state index contributed by atoms with van der Waals surface area (Å²) in [5, 5.41) is 3.06. The number of carbonyl (C=O) groups excluding carboxylic acids is 1. The molecule has 2 aromatic rings. The van der Waals surface area contributed by atoms with Gasteiger partial charge in [0, 0.05) is 26.5 Å². The van der Waals surface area contributed by atoms with Crippen LogP contribution in [0.1, 0.15) is 12.5 Å². The third-order valence-electron chi connectivity index (χ3n) is 3.40. The molecule has 118 valence electrons. The molecule has 6 nitrogen and oxygen atoms in total. The second-order valence-electron chi connectivity index (χ2n) is 5.30. The lowest BCUT2D eigenvalue weighted by atomic mass is 10.2. The molecule has 0 N–H and O–H groups in total. The van der Waals surface area contributed by atoms with Gasteiger partial charge < -0.3 is 4.90 Å². The molecule has 0 bridgehead atoms. The zero-order chi connectivity index (χ0) is 16.3. The largest absolute Gasteiger partial charge is 0.348 e. The molecule has 1 unspecified atom stereocenters. The topological polar surface area (TPSA) is 72.3 Å². The number of amides is 1. The molecule has 1 aromatic heterocycles. The Labute approximate surface area is 130 Å². The fraction of sp³-hybridized carbons (Fsp3) is 0.333. The number of benzene rings is 1. The summed E-state index contributed by atoms with van der Waals surface area (Å²) < 4.78 is 26.3. The molecule has 7 heteroatoms. The van der Waals surface area contributed by atoms with Crippen LogP contribution in [-0.2, 0) is 20.4 Å². The van der Waals surface area contributed by atoms with E-state index in [1.54, 1.807) is 49.2 Å². The van der Waals surface area contributed by atoms with Crippen LogP contribution in [0, 0.1) is 0 Å². The van der Waals surface area contributed by atoms with Gasteiger partial charge in [-0.25, -0.2) is 13.1 Å². The van der Waals surface area contributed by atoms with Crippen molar-refractivity contribution < 1.29 is 13.2 Å². The summed E-state index contributed by atoms with van der Waals surface area (Å²) in [5.41, 5.74) is 1.50. The lowest BCUT2D eigenvalue weighted by Gasteiger charge is -2.17. The average Bonchev–Trinajstić information content (AvgIpc) is 3.00. The van der Waals surface area contributed by atoms with Gasteiger partial charge in [0.2, 0.25) is 5.91 Å². The number of sulfone groups is 1. The van der Waals surface area contributed by atoms with Crippen LogP contribution in [0.25, 0.3) is 5.69 Å². The van der Waals surface area contributed by atoms with E-state index >= 15 is 0 Å². The average molecular weight is 321 g/mol. The van der Waals surface area contributed by atoms with Crippen molar-refractivity contribution in [3.05, 3.63) is 48.3 Å². The third-order valence-corrected chi connectivity index (χ3v) is 5.42. The van der Waals surface area contributed by atoms with E-state index in [1.165, 1.54) is 11.8 Å². The first-order valence-corrected chi connectivity index (χ1v) is 8.54. The smallest absolute Gasteiger partial charge is 0.240 e. The van der Waals surface area contributed by atoms with Crippen molar-refractivity contribution in [2.24, 2.45) is 0 Å². The van der Waals surface area contributed by atoms with E-state index in [0.717, 1.165) is 5.69 Å². The van der Waals surface area contributed by atoms with Gasteiger partial charge in [-0.3, -0.25) is 4.79 Å². The molecule has 22 heavy (non-hydrogen) atoms. The van der Waals surface area contributed by atoms with Gasteiger partial charge in [-0.2, -0.15) is 5.10 Å². The van der Waals surface area contributed by atoms with Crippen molar-refractivity contribution in [1.29, 1.82) is 0 Å². The maximum absolute atomic E-state index is 12.3. The van der Waals surface area contributed by atoms with E-state index in [-0.39, 0.29) is 5.75 Å². The maximum atomic E-state index is 12.3. The Morgan fingerprint density at radius 3 is 2.41 bits per heavy atom. The fourth-order valence-electron chi connectivity index (χ4n) is 2.04. The number of hydrogen-bond acceptors (Lipinski definition) is 4. The van der Waals surface area contributed by atoms with Gasteiger partial charge in [0.1, 0.15) is 5.25 Å². The predicted molar refractivity (Wildman–Crippen MR) is 84.3 cm³/mol. The summed E-state index contributed by atoms with van der Waals surface area (Å²) in [7, 11) is -0.440. The second kappa shape index (κ2) is 6.31. The Bertz CT molecular complexity index is 735. The first-order chi connectivity index (χ1) is 10.3. The van der Waals surface area contributed by atoms with Crippen molar-refractivity contribution in [3.63, 3.8) is 0 Å². The number of aromatic nitrogens is 2. The molecule has 0 radical (unpaired) electrons. The van der Waals surface area contributed by atoms with Crippen molar-refractivity contribution in [1.82, 2.24) is 14.7 Å². The summed E-state index contributed by atoms with van der Waals surface area (Å²) in [6.45, 7) is 1.43. The molecule has 1 aromatic carbocycles. The standard InChI is InChI=1S/C15H19N3O3S/c1-12(15(19)17(2)3)22(20,21)11-13-5-7-14(8-6-13)18-10-4-9-16-18/h4-10,12H,11H2,1-3H3. The summed E-state index contributed by atoms with van der Waals surface area (Å²) in [6, 6.07) is 8.89. The lowest BCUT2D eigenvalue weighted by molar-refractivity contribution is -0.127. The van der Waals surface area contributed by atoms with Crippen LogP contribution < -0.4 is 0 Å². The molecule has 1 atom stereocenters. The zero-order valence-electron chi connectivity index (χ0n) is 12.8. The molecule has 0 spiro atoms. The number of rotatable bonds is 5. The highest BCUT2D eigenvalue weighted by Gasteiger charge is 2.29. The normalized spacial score (nSPS) is 12.9. The molecular formula is C15H19N3O3S. The Balaban J connectivity index is 2.15.